The van der Waals surface area contributed by atoms with Crippen molar-refractivity contribution in [1.82, 2.24) is 4.90 Å². The Balaban J connectivity index is 1.48. The van der Waals surface area contributed by atoms with Crippen LogP contribution >= 0.6 is 0 Å². The van der Waals surface area contributed by atoms with Crippen molar-refractivity contribution in [2.24, 2.45) is 28.8 Å². The standard InChI is InChI=1S/C60H92N2O16/c1-16-45-59(12,68)50(63)38(6)47(61-78-60(77-35(2)3)30-24-19-25-31-60)36(4)33-57(10,67)51(76-56-49(44(62(13)14)32-37(5)70-56)74-54(65)42-26-20-17-21-27-42)39(7)48(40(8)53(64)72-45)73-46-34-58(11,69-15)52(41(9)71-46)75-55(66)43-28-22-18-23-29-43/h17-18,20-23,26-29,35-41,44-46,48-52,56,63,67-68H,16,19,24-25,30-34H2,1-15H3/b61-47+/t36-,37-,38+,39+,40-,41+,44+,45-,46+,48+,49-,50-,51-,52+,56+,57+,58-,59-/m1/s1. The van der Waals surface area contributed by atoms with Gasteiger partial charge in [-0.3, -0.25) is 4.79 Å². The molecule has 3 aliphatic heterocycles. The molecule has 18 atom stereocenters. The third-order valence-corrected chi connectivity index (χ3v) is 16.7. The van der Waals surface area contributed by atoms with E-state index in [9.17, 15) is 29.7 Å². The van der Waals surface area contributed by atoms with E-state index in [1.165, 1.54) is 14.0 Å². The molecule has 0 aromatic heterocycles. The summed E-state index contributed by atoms with van der Waals surface area (Å²) in [6.07, 6.45) is -6.57. The van der Waals surface area contributed by atoms with Crippen LogP contribution in [0, 0.1) is 23.7 Å². The van der Waals surface area contributed by atoms with Gasteiger partial charge in [0.2, 0.25) is 5.79 Å². The summed E-state index contributed by atoms with van der Waals surface area (Å²) >= 11 is 0. The van der Waals surface area contributed by atoms with Crippen LogP contribution in [0.2, 0.25) is 0 Å². The minimum absolute atomic E-state index is 0.0218. The second-order valence-electron chi connectivity index (χ2n) is 23.8. The molecule has 18 heteroatoms. The number of nitrogens with zero attached hydrogens (tertiary/aromatic N) is 2. The van der Waals surface area contributed by atoms with Crippen LogP contribution in [-0.2, 0) is 52.3 Å². The number of hydrogen-bond donors (Lipinski definition) is 3. The summed E-state index contributed by atoms with van der Waals surface area (Å²) in [4.78, 5) is 50.9. The van der Waals surface area contributed by atoms with E-state index >= 15 is 0 Å². The molecule has 4 fully saturated rings. The molecule has 2 aromatic rings. The molecule has 3 N–H and O–H groups in total. The Bertz CT molecular complexity index is 2270. The number of hydrogen-bond acceptors (Lipinski definition) is 18. The van der Waals surface area contributed by atoms with Gasteiger partial charge < -0.3 is 67.7 Å². The van der Waals surface area contributed by atoms with E-state index in [2.05, 4.69) is 0 Å². The number of aliphatic hydroxyl groups excluding tert-OH is 1. The first-order valence-corrected chi connectivity index (χ1v) is 28.3. The SMILES string of the molecule is CC[C@H]1OC(=O)[C@H](C)[C@@H](O[C@H]2C[C@@](C)(OC)[C@@H](OC(=O)c3ccccc3)[C@H](C)O2)[C@H](C)[C@@H](O[C@@H]2O[C@H](C)C[C@H](N(C)C)[C@H]2OC(=O)c2ccccc2)[C@@](C)(O)C[C@@H](C)/C(=N\OC2(OC(C)C)CCCCC2)[C@H](C)[C@@H](O)[C@]1(C)O. The number of methoxy groups -OCH3 is 1. The van der Waals surface area contributed by atoms with Crippen molar-refractivity contribution in [3.05, 3.63) is 71.8 Å². The number of benzene rings is 2. The maximum Gasteiger partial charge on any atom is 0.338 e. The number of oxime groups is 1. The van der Waals surface area contributed by atoms with Gasteiger partial charge in [0, 0.05) is 44.1 Å². The largest absolute Gasteiger partial charge is 0.459 e. The van der Waals surface area contributed by atoms with Gasteiger partial charge in [0.05, 0.1) is 71.0 Å². The van der Waals surface area contributed by atoms with Gasteiger partial charge in [-0.1, -0.05) is 75.7 Å². The number of esters is 3. The topological polar surface area (TPSA) is 220 Å². The highest BCUT2D eigenvalue weighted by molar-refractivity contribution is 5.90. The molecule has 0 amide bonds. The first kappa shape index (κ1) is 63.1. The Morgan fingerprint density at radius 3 is 1.94 bits per heavy atom. The number of rotatable bonds is 15. The van der Waals surface area contributed by atoms with E-state index in [1.54, 1.807) is 109 Å². The maximum atomic E-state index is 15.0. The first-order valence-electron chi connectivity index (χ1n) is 28.3. The van der Waals surface area contributed by atoms with Gasteiger partial charge in [-0.05, 0) is 126 Å². The highest BCUT2D eigenvalue weighted by atomic mass is 16.8. The van der Waals surface area contributed by atoms with Gasteiger partial charge in [0.1, 0.15) is 17.3 Å². The Kier molecular flexibility index (Phi) is 21.6. The van der Waals surface area contributed by atoms with Gasteiger partial charge in [-0.25, -0.2) is 9.59 Å². The van der Waals surface area contributed by atoms with Crippen molar-refractivity contribution < 1.29 is 77.2 Å². The zero-order valence-electron chi connectivity index (χ0n) is 48.9. The Hall–Kier alpha value is -4.08. The fourth-order valence-electron chi connectivity index (χ4n) is 12.3. The lowest BCUT2D eigenvalue weighted by Crippen LogP contribution is -2.62. The van der Waals surface area contributed by atoms with Crippen LogP contribution in [0.5, 0.6) is 0 Å². The number of likely N-dealkylation sites (N-methyl/N-ethyl adjacent to an activating group) is 1. The molecular formula is C60H92N2O16. The highest BCUT2D eigenvalue weighted by Gasteiger charge is 2.55. The van der Waals surface area contributed by atoms with Crippen LogP contribution in [0.4, 0.5) is 0 Å². The van der Waals surface area contributed by atoms with E-state index in [-0.39, 0.29) is 25.4 Å². The van der Waals surface area contributed by atoms with Crippen molar-refractivity contribution >= 4 is 23.6 Å². The van der Waals surface area contributed by atoms with Crippen LogP contribution in [0.1, 0.15) is 162 Å². The zero-order chi connectivity index (χ0) is 57.5. The Labute approximate surface area is 463 Å². The van der Waals surface area contributed by atoms with E-state index in [1.807, 2.05) is 46.7 Å². The molecule has 438 valence electrons. The summed E-state index contributed by atoms with van der Waals surface area (Å²) in [7, 11) is 5.29. The molecule has 2 aromatic carbocycles. The van der Waals surface area contributed by atoms with Crippen molar-refractivity contribution in [2.75, 3.05) is 21.2 Å². The molecular weight excluding hydrogens is 1000 g/mol. The summed E-state index contributed by atoms with van der Waals surface area (Å²) in [5.41, 5.74) is -4.08. The van der Waals surface area contributed by atoms with Gasteiger partial charge in [0.25, 0.3) is 0 Å². The van der Waals surface area contributed by atoms with E-state index < -0.39 is 132 Å². The minimum Gasteiger partial charge on any atom is -0.459 e. The molecule has 4 aliphatic rings. The lowest BCUT2D eigenvalue weighted by atomic mass is 9.73. The molecule has 0 bridgehead atoms. The molecule has 0 spiro atoms. The van der Waals surface area contributed by atoms with Crippen molar-refractivity contribution in [3.63, 3.8) is 0 Å². The number of carbonyl (C=O) groups excluding carboxylic acids is 3. The fraction of sp³-hybridized carbons (Fsp3) is 0.733. The van der Waals surface area contributed by atoms with E-state index in [0.717, 1.165) is 19.3 Å². The molecule has 3 heterocycles. The molecule has 1 saturated carbocycles. The monoisotopic (exact) mass is 1100 g/mol. The van der Waals surface area contributed by atoms with Crippen molar-refractivity contribution in [1.29, 1.82) is 0 Å². The molecule has 78 heavy (non-hydrogen) atoms. The Morgan fingerprint density at radius 2 is 1.38 bits per heavy atom. The number of cyclic esters (lactones) is 1. The van der Waals surface area contributed by atoms with Gasteiger partial charge in [-0.15, -0.1) is 0 Å². The minimum atomic E-state index is -2.03. The summed E-state index contributed by atoms with van der Waals surface area (Å²) in [5, 5.41) is 43.2. The smallest absolute Gasteiger partial charge is 0.338 e. The molecule has 0 radical (unpaired) electrons. The summed E-state index contributed by atoms with van der Waals surface area (Å²) in [6.45, 7) is 21.1. The third-order valence-electron chi connectivity index (χ3n) is 16.7. The van der Waals surface area contributed by atoms with Gasteiger partial charge in [-0.2, -0.15) is 0 Å². The summed E-state index contributed by atoms with van der Waals surface area (Å²) < 4.78 is 58.8. The molecule has 1 aliphatic carbocycles. The van der Waals surface area contributed by atoms with Crippen LogP contribution in [0.3, 0.4) is 0 Å². The average molecular weight is 1100 g/mol. The number of ether oxygens (including phenoxy) is 9. The molecule has 6 rings (SSSR count). The van der Waals surface area contributed by atoms with Gasteiger partial charge in [0.15, 0.2) is 24.8 Å². The summed E-state index contributed by atoms with van der Waals surface area (Å²) in [6, 6.07) is 16.8. The second-order valence-corrected chi connectivity index (χ2v) is 23.8. The van der Waals surface area contributed by atoms with Gasteiger partial charge >= 0.3 is 17.9 Å². The molecule has 0 unspecified atom stereocenters. The van der Waals surface area contributed by atoms with Crippen LogP contribution in [0.15, 0.2) is 65.8 Å². The predicted molar refractivity (Wildman–Crippen MR) is 291 cm³/mol. The second kappa shape index (κ2) is 26.7. The van der Waals surface area contributed by atoms with Crippen LogP contribution in [0.25, 0.3) is 0 Å². The predicted octanol–water partition coefficient (Wildman–Crippen LogP) is 8.40. The normalized spacial score (nSPS) is 38.7. The van der Waals surface area contributed by atoms with Crippen molar-refractivity contribution in [2.45, 2.75) is 237 Å². The lowest BCUT2D eigenvalue weighted by Gasteiger charge is -2.50. The summed E-state index contributed by atoms with van der Waals surface area (Å²) in [5.74, 6) is -6.71. The highest BCUT2D eigenvalue weighted by Crippen LogP contribution is 2.43. The van der Waals surface area contributed by atoms with E-state index in [0.29, 0.717) is 36.1 Å². The lowest BCUT2D eigenvalue weighted by molar-refractivity contribution is -0.317. The zero-order valence-corrected chi connectivity index (χ0v) is 48.9. The van der Waals surface area contributed by atoms with Crippen molar-refractivity contribution in [3.8, 4) is 0 Å². The van der Waals surface area contributed by atoms with Crippen LogP contribution < -0.4 is 0 Å². The first-order chi connectivity index (χ1) is 36.7. The average Bonchev–Trinajstić information content (AvgIpc) is 3.42. The van der Waals surface area contributed by atoms with E-state index in [4.69, 9.17) is 52.6 Å². The Morgan fingerprint density at radius 1 is 0.795 bits per heavy atom. The fourth-order valence-corrected chi connectivity index (χ4v) is 12.3. The quantitative estimate of drug-likeness (QED) is 0.0660. The maximum absolute atomic E-state index is 15.0. The molecule has 18 nitrogen and oxygen atoms in total. The molecule has 3 saturated heterocycles. The number of carbonyl (C=O) groups is 3. The number of aliphatic hydroxyl groups is 3. The van der Waals surface area contributed by atoms with Crippen LogP contribution in [-0.4, -0.2) is 161 Å². The third kappa shape index (κ3) is 14.9.